The SMILES string of the molecule is COc1cc(C)c(CNC(=O)S)cc1OC. The molecule has 1 rings (SSSR count). The Bertz CT molecular complexity index is 393. The molecule has 0 bridgehead atoms. The van der Waals surface area contributed by atoms with E-state index in [9.17, 15) is 4.79 Å². The minimum absolute atomic E-state index is 0.353. The Labute approximate surface area is 100 Å². The number of carbonyl (C=O) groups excluding carboxylic acids is 1. The number of amides is 1. The van der Waals surface area contributed by atoms with Crippen LogP contribution >= 0.6 is 12.6 Å². The third-order valence-corrected chi connectivity index (χ3v) is 2.43. The van der Waals surface area contributed by atoms with Crippen LogP contribution in [0.4, 0.5) is 4.79 Å². The molecule has 0 aliphatic carbocycles. The van der Waals surface area contributed by atoms with Crippen molar-refractivity contribution in [2.75, 3.05) is 14.2 Å². The molecule has 1 amide bonds. The number of carbonyl (C=O) groups is 1. The molecule has 0 aliphatic heterocycles. The van der Waals surface area contributed by atoms with Gasteiger partial charge in [0.25, 0.3) is 5.24 Å². The van der Waals surface area contributed by atoms with Crippen molar-refractivity contribution < 1.29 is 14.3 Å². The van der Waals surface area contributed by atoms with Gasteiger partial charge in [-0.1, -0.05) is 12.6 Å². The van der Waals surface area contributed by atoms with Gasteiger partial charge in [-0.15, -0.1) is 0 Å². The monoisotopic (exact) mass is 241 g/mol. The first-order valence-electron chi connectivity index (χ1n) is 4.76. The zero-order valence-corrected chi connectivity index (χ0v) is 10.4. The molecule has 1 aromatic rings. The fourth-order valence-electron chi connectivity index (χ4n) is 1.38. The molecule has 0 unspecified atom stereocenters. The average molecular weight is 241 g/mol. The van der Waals surface area contributed by atoms with Gasteiger partial charge in [0.1, 0.15) is 0 Å². The van der Waals surface area contributed by atoms with Crippen molar-refractivity contribution in [1.29, 1.82) is 0 Å². The van der Waals surface area contributed by atoms with Crippen LogP contribution in [0.25, 0.3) is 0 Å². The van der Waals surface area contributed by atoms with Crippen molar-refractivity contribution in [3.63, 3.8) is 0 Å². The van der Waals surface area contributed by atoms with Crippen LogP contribution in [0.1, 0.15) is 11.1 Å². The van der Waals surface area contributed by atoms with Crippen LogP contribution in [0.15, 0.2) is 12.1 Å². The van der Waals surface area contributed by atoms with Gasteiger partial charge in [-0.05, 0) is 30.2 Å². The van der Waals surface area contributed by atoms with E-state index >= 15 is 0 Å². The van der Waals surface area contributed by atoms with Gasteiger partial charge >= 0.3 is 0 Å². The van der Waals surface area contributed by atoms with Crippen molar-refractivity contribution in [3.05, 3.63) is 23.3 Å². The Balaban J connectivity index is 2.96. The molecule has 0 aliphatic rings. The molecule has 0 saturated heterocycles. The molecular weight excluding hydrogens is 226 g/mol. The molecule has 0 radical (unpaired) electrons. The minimum Gasteiger partial charge on any atom is -0.493 e. The molecule has 0 aromatic heterocycles. The lowest BCUT2D eigenvalue weighted by molar-refractivity contribution is 0.260. The highest BCUT2D eigenvalue weighted by molar-refractivity contribution is 7.96. The second kappa shape index (κ2) is 5.65. The molecule has 4 nitrogen and oxygen atoms in total. The van der Waals surface area contributed by atoms with Crippen molar-refractivity contribution in [2.45, 2.75) is 13.5 Å². The van der Waals surface area contributed by atoms with E-state index in [-0.39, 0.29) is 5.24 Å². The highest BCUT2D eigenvalue weighted by Crippen LogP contribution is 2.30. The summed E-state index contributed by atoms with van der Waals surface area (Å²) in [5.41, 5.74) is 2.00. The van der Waals surface area contributed by atoms with Gasteiger partial charge in [0.15, 0.2) is 11.5 Å². The topological polar surface area (TPSA) is 47.6 Å². The number of hydrogen-bond acceptors (Lipinski definition) is 3. The number of aryl methyl sites for hydroxylation is 1. The Morgan fingerprint density at radius 2 is 1.88 bits per heavy atom. The standard InChI is InChI=1S/C11H15NO3S/c1-7-4-9(14-2)10(15-3)5-8(7)6-12-11(13)16/h4-5H,6H2,1-3H3,(H2,12,13,16). The molecule has 5 heteroatoms. The number of ether oxygens (including phenoxy) is 2. The largest absolute Gasteiger partial charge is 0.493 e. The molecule has 0 atom stereocenters. The average Bonchev–Trinajstić information content (AvgIpc) is 2.26. The Morgan fingerprint density at radius 1 is 1.31 bits per heavy atom. The number of methoxy groups -OCH3 is 2. The van der Waals surface area contributed by atoms with Gasteiger partial charge in [-0.25, -0.2) is 0 Å². The zero-order chi connectivity index (χ0) is 12.1. The lowest BCUT2D eigenvalue weighted by atomic mass is 10.1. The first kappa shape index (κ1) is 12.7. The van der Waals surface area contributed by atoms with Gasteiger partial charge < -0.3 is 14.8 Å². The molecular formula is C11H15NO3S. The van der Waals surface area contributed by atoms with Crippen LogP contribution in [0.5, 0.6) is 11.5 Å². The number of benzene rings is 1. The third kappa shape index (κ3) is 3.06. The number of thiol groups is 1. The van der Waals surface area contributed by atoms with E-state index in [1.54, 1.807) is 14.2 Å². The summed E-state index contributed by atoms with van der Waals surface area (Å²) in [6.45, 7) is 2.37. The van der Waals surface area contributed by atoms with Gasteiger partial charge in [0.2, 0.25) is 0 Å². The number of hydrogen-bond donors (Lipinski definition) is 2. The van der Waals surface area contributed by atoms with Crippen molar-refractivity contribution in [3.8, 4) is 11.5 Å². The van der Waals surface area contributed by atoms with Crippen molar-refractivity contribution >= 4 is 17.9 Å². The van der Waals surface area contributed by atoms with Crippen LogP contribution in [0, 0.1) is 6.92 Å². The molecule has 1 aromatic carbocycles. The second-order valence-corrected chi connectivity index (χ2v) is 3.70. The van der Waals surface area contributed by atoms with Crippen LogP contribution in [0.2, 0.25) is 0 Å². The summed E-state index contributed by atoms with van der Waals surface area (Å²) in [7, 11) is 3.17. The molecule has 16 heavy (non-hydrogen) atoms. The van der Waals surface area contributed by atoms with Gasteiger partial charge in [-0.3, -0.25) is 4.79 Å². The van der Waals surface area contributed by atoms with E-state index in [4.69, 9.17) is 9.47 Å². The number of rotatable bonds is 4. The lowest BCUT2D eigenvalue weighted by Gasteiger charge is -2.12. The molecule has 0 fully saturated rings. The van der Waals surface area contributed by atoms with Crippen LogP contribution in [-0.2, 0) is 6.54 Å². The maximum atomic E-state index is 10.7. The highest BCUT2D eigenvalue weighted by atomic mass is 32.1. The van der Waals surface area contributed by atoms with Gasteiger partial charge in [0.05, 0.1) is 14.2 Å². The first-order chi connectivity index (χ1) is 7.58. The zero-order valence-electron chi connectivity index (χ0n) is 9.53. The minimum atomic E-state index is -0.353. The van der Waals surface area contributed by atoms with E-state index in [1.807, 2.05) is 19.1 Å². The van der Waals surface area contributed by atoms with Crippen molar-refractivity contribution in [2.24, 2.45) is 0 Å². The predicted octanol–water partition coefficient (Wildman–Crippen LogP) is 2.15. The Hall–Kier alpha value is -1.36. The van der Waals surface area contributed by atoms with E-state index in [2.05, 4.69) is 17.9 Å². The third-order valence-electron chi connectivity index (χ3n) is 2.27. The molecule has 0 heterocycles. The summed E-state index contributed by atoms with van der Waals surface area (Å²) in [5.74, 6) is 1.33. The summed E-state index contributed by atoms with van der Waals surface area (Å²) in [5, 5.41) is 2.27. The van der Waals surface area contributed by atoms with Gasteiger partial charge in [-0.2, -0.15) is 0 Å². The normalized spacial score (nSPS) is 9.75. The van der Waals surface area contributed by atoms with Crippen LogP contribution in [0.3, 0.4) is 0 Å². The van der Waals surface area contributed by atoms with E-state index in [1.165, 1.54) is 0 Å². The summed E-state index contributed by atoms with van der Waals surface area (Å²) in [4.78, 5) is 10.7. The van der Waals surface area contributed by atoms with Crippen LogP contribution < -0.4 is 14.8 Å². The second-order valence-electron chi connectivity index (χ2n) is 3.29. The highest BCUT2D eigenvalue weighted by Gasteiger charge is 2.08. The van der Waals surface area contributed by atoms with Gasteiger partial charge in [0, 0.05) is 6.54 Å². The van der Waals surface area contributed by atoms with Crippen molar-refractivity contribution in [1.82, 2.24) is 5.32 Å². The Morgan fingerprint density at radius 3 is 2.38 bits per heavy atom. The Kier molecular flexibility index (Phi) is 4.49. The fourth-order valence-corrected chi connectivity index (χ4v) is 1.46. The molecule has 1 N–H and O–H groups in total. The maximum Gasteiger partial charge on any atom is 0.276 e. The molecule has 88 valence electrons. The summed E-state index contributed by atoms with van der Waals surface area (Å²) in [6.07, 6.45) is 0. The smallest absolute Gasteiger partial charge is 0.276 e. The van der Waals surface area contributed by atoms with Crippen LogP contribution in [-0.4, -0.2) is 19.5 Å². The molecule has 0 saturated carbocycles. The number of nitrogens with one attached hydrogen (secondary N) is 1. The predicted molar refractivity (Wildman–Crippen MR) is 65.5 cm³/mol. The quantitative estimate of drug-likeness (QED) is 0.794. The summed E-state index contributed by atoms with van der Waals surface area (Å²) >= 11 is 3.64. The lowest BCUT2D eigenvalue weighted by Crippen LogP contribution is -2.16. The summed E-state index contributed by atoms with van der Waals surface area (Å²) < 4.78 is 10.4. The first-order valence-corrected chi connectivity index (χ1v) is 5.21. The maximum absolute atomic E-state index is 10.7. The molecule has 0 spiro atoms. The van der Waals surface area contributed by atoms with E-state index in [0.29, 0.717) is 18.0 Å². The van der Waals surface area contributed by atoms with E-state index in [0.717, 1.165) is 11.1 Å². The fraction of sp³-hybridized carbons (Fsp3) is 0.364. The van der Waals surface area contributed by atoms with E-state index < -0.39 is 0 Å². The summed E-state index contributed by atoms with van der Waals surface area (Å²) in [6, 6.07) is 3.72.